The average Bonchev–Trinajstić information content (AvgIpc) is 3.22. The van der Waals surface area contributed by atoms with Gasteiger partial charge in [0.1, 0.15) is 11.5 Å². The summed E-state index contributed by atoms with van der Waals surface area (Å²) in [6.07, 6.45) is 3.42. The summed E-state index contributed by atoms with van der Waals surface area (Å²) in [4.78, 5) is 4.32. The predicted octanol–water partition coefficient (Wildman–Crippen LogP) is 3.97. The monoisotopic (exact) mass is 519 g/mol. The molecule has 0 radical (unpaired) electrons. The standard InChI is InChI=1S/C20H26ClN3O3.HI/c1-22-19(23-13-16-4-3-9-27-16)24-14-20(7-10-26-11-8-20)17-12-15(21)5-6-18(17)25-2;/h3-6,9,12H,7-8,10-11,13-14H2,1-2H3,(H2,22,23,24);1H. The van der Waals surface area contributed by atoms with Gasteiger partial charge in [0, 0.05) is 42.8 Å². The van der Waals surface area contributed by atoms with Gasteiger partial charge in [0.05, 0.1) is 19.9 Å². The highest BCUT2D eigenvalue weighted by Crippen LogP contribution is 2.40. The smallest absolute Gasteiger partial charge is 0.191 e. The van der Waals surface area contributed by atoms with Crippen LogP contribution in [0, 0.1) is 0 Å². The topological polar surface area (TPSA) is 68.0 Å². The van der Waals surface area contributed by atoms with Gasteiger partial charge in [-0.3, -0.25) is 4.99 Å². The Morgan fingerprint density at radius 3 is 2.68 bits per heavy atom. The van der Waals surface area contributed by atoms with Gasteiger partial charge in [0.2, 0.25) is 0 Å². The quantitative estimate of drug-likeness (QED) is 0.343. The van der Waals surface area contributed by atoms with E-state index in [2.05, 4.69) is 15.6 Å². The van der Waals surface area contributed by atoms with Crippen molar-refractivity contribution in [1.29, 1.82) is 0 Å². The van der Waals surface area contributed by atoms with Gasteiger partial charge in [-0.2, -0.15) is 0 Å². The van der Waals surface area contributed by atoms with Crippen molar-refractivity contribution in [2.45, 2.75) is 24.8 Å². The predicted molar refractivity (Wildman–Crippen MR) is 122 cm³/mol. The van der Waals surface area contributed by atoms with Crippen molar-refractivity contribution < 1.29 is 13.9 Å². The fraction of sp³-hybridized carbons (Fsp3) is 0.450. The summed E-state index contributed by atoms with van der Waals surface area (Å²) in [6, 6.07) is 9.59. The lowest BCUT2D eigenvalue weighted by atomic mass is 9.73. The Labute approximate surface area is 188 Å². The van der Waals surface area contributed by atoms with E-state index in [-0.39, 0.29) is 29.4 Å². The van der Waals surface area contributed by atoms with E-state index in [0.29, 0.717) is 31.3 Å². The normalized spacial score (nSPS) is 16.2. The van der Waals surface area contributed by atoms with Crippen LogP contribution in [0.4, 0.5) is 0 Å². The van der Waals surface area contributed by atoms with Crippen LogP contribution in [0.15, 0.2) is 46.0 Å². The second kappa shape index (κ2) is 10.9. The van der Waals surface area contributed by atoms with Crippen LogP contribution in [0.3, 0.4) is 0 Å². The van der Waals surface area contributed by atoms with Gasteiger partial charge in [0.25, 0.3) is 0 Å². The number of ether oxygens (including phenoxy) is 2. The Balaban J connectivity index is 0.00000280. The molecule has 2 aromatic rings. The Hall–Kier alpha value is -1.45. The van der Waals surface area contributed by atoms with Crippen LogP contribution >= 0.6 is 35.6 Å². The highest BCUT2D eigenvalue weighted by Gasteiger charge is 2.37. The third kappa shape index (κ3) is 5.55. The minimum Gasteiger partial charge on any atom is -0.496 e. The summed E-state index contributed by atoms with van der Waals surface area (Å²) in [5.74, 6) is 2.43. The average molecular weight is 520 g/mol. The third-order valence-corrected chi connectivity index (χ3v) is 5.25. The highest BCUT2D eigenvalue weighted by molar-refractivity contribution is 14.0. The van der Waals surface area contributed by atoms with Crippen LogP contribution < -0.4 is 15.4 Å². The lowest BCUT2D eigenvalue weighted by Crippen LogP contribution is -2.48. The van der Waals surface area contributed by atoms with E-state index in [1.807, 2.05) is 30.3 Å². The molecule has 6 nitrogen and oxygen atoms in total. The molecule has 0 saturated carbocycles. The Morgan fingerprint density at radius 1 is 1.25 bits per heavy atom. The van der Waals surface area contributed by atoms with Crippen molar-refractivity contribution in [3.05, 3.63) is 52.9 Å². The first kappa shape index (κ1) is 22.8. The lowest BCUT2D eigenvalue weighted by Gasteiger charge is -2.39. The number of guanidine groups is 1. The van der Waals surface area contributed by atoms with E-state index in [4.69, 9.17) is 25.5 Å². The lowest BCUT2D eigenvalue weighted by molar-refractivity contribution is 0.0505. The minimum atomic E-state index is -0.142. The van der Waals surface area contributed by atoms with E-state index in [9.17, 15) is 0 Å². The first-order chi connectivity index (χ1) is 13.2. The molecule has 1 aromatic carbocycles. The molecule has 1 aliphatic rings. The molecule has 1 aromatic heterocycles. The van der Waals surface area contributed by atoms with Crippen LogP contribution in [0.2, 0.25) is 5.02 Å². The van der Waals surface area contributed by atoms with Crippen molar-refractivity contribution >= 4 is 41.5 Å². The van der Waals surface area contributed by atoms with Gasteiger partial charge in [-0.1, -0.05) is 11.6 Å². The SMILES string of the molecule is CN=C(NCc1ccco1)NCC1(c2cc(Cl)ccc2OC)CCOCC1.I. The first-order valence-electron chi connectivity index (χ1n) is 9.05. The van der Waals surface area contributed by atoms with E-state index in [1.165, 1.54) is 0 Å². The summed E-state index contributed by atoms with van der Waals surface area (Å²) in [7, 11) is 3.45. The maximum atomic E-state index is 6.30. The van der Waals surface area contributed by atoms with Crippen LogP contribution in [0.5, 0.6) is 5.75 Å². The van der Waals surface area contributed by atoms with Crippen LogP contribution in [-0.2, 0) is 16.7 Å². The number of benzene rings is 1. The first-order valence-corrected chi connectivity index (χ1v) is 9.43. The minimum absolute atomic E-state index is 0. The zero-order valence-corrected chi connectivity index (χ0v) is 19.3. The second-order valence-electron chi connectivity index (χ2n) is 6.60. The maximum absolute atomic E-state index is 6.30. The summed E-state index contributed by atoms with van der Waals surface area (Å²) in [5, 5.41) is 7.44. The van der Waals surface area contributed by atoms with E-state index < -0.39 is 0 Å². The molecule has 1 aliphatic heterocycles. The summed E-state index contributed by atoms with van der Waals surface area (Å²) < 4.78 is 16.6. The number of aliphatic imine (C=N–C) groups is 1. The van der Waals surface area contributed by atoms with Gasteiger partial charge in [-0.05, 0) is 43.2 Å². The molecule has 154 valence electrons. The van der Waals surface area contributed by atoms with Gasteiger partial charge < -0.3 is 24.5 Å². The summed E-state index contributed by atoms with van der Waals surface area (Å²) in [6.45, 7) is 2.68. The molecule has 2 N–H and O–H groups in total. The van der Waals surface area contributed by atoms with E-state index in [0.717, 1.165) is 35.9 Å². The molecule has 0 atom stereocenters. The molecule has 8 heteroatoms. The molecule has 3 rings (SSSR count). The zero-order valence-electron chi connectivity index (χ0n) is 16.2. The number of rotatable bonds is 6. The third-order valence-electron chi connectivity index (χ3n) is 5.01. The molecule has 0 amide bonds. The Morgan fingerprint density at radius 2 is 2.04 bits per heavy atom. The van der Waals surface area contributed by atoms with Crippen molar-refractivity contribution in [3.63, 3.8) is 0 Å². The second-order valence-corrected chi connectivity index (χ2v) is 7.03. The molecule has 2 heterocycles. The van der Waals surface area contributed by atoms with Crippen LogP contribution in [0.25, 0.3) is 0 Å². The number of halogens is 2. The fourth-order valence-corrected chi connectivity index (χ4v) is 3.63. The Bertz CT molecular complexity index is 762. The van der Waals surface area contributed by atoms with Crippen LogP contribution in [0.1, 0.15) is 24.2 Å². The van der Waals surface area contributed by atoms with Gasteiger partial charge >= 0.3 is 0 Å². The molecule has 1 saturated heterocycles. The molecule has 28 heavy (non-hydrogen) atoms. The summed E-state index contributed by atoms with van der Waals surface area (Å²) in [5.41, 5.74) is 0.964. The molecule has 0 spiro atoms. The molecular weight excluding hydrogens is 493 g/mol. The number of hydrogen-bond acceptors (Lipinski definition) is 4. The van der Waals surface area contributed by atoms with Gasteiger partial charge in [-0.15, -0.1) is 24.0 Å². The van der Waals surface area contributed by atoms with Crippen molar-refractivity contribution in [2.75, 3.05) is 33.9 Å². The molecule has 0 bridgehead atoms. The van der Waals surface area contributed by atoms with Gasteiger partial charge in [0.15, 0.2) is 5.96 Å². The van der Waals surface area contributed by atoms with Crippen molar-refractivity contribution in [1.82, 2.24) is 10.6 Å². The fourth-order valence-electron chi connectivity index (χ4n) is 3.46. The largest absolute Gasteiger partial charge is 0.496 e. The number of nitrogens with zero attached hydrogens (tertiary/aromatic N) is 1. The maximum Gasteiger partial charge on any atom is 0.191 e. The molecule has 1 fully saturated rings. The number of furan rings is 1. The molecular formula is C20H27ClIN3O3. The summed E-state index contributed by atoms with van der Waals surface area (Å²) >= 11 is 6.30. The van der Waals surface area contributed by atoms with Crippen molar-refractivity contribution in [2.24, 2.45) is 4.99 Å². The van der Waals surface area contributed by atoms with E-state index >= 15 is 0 Å². The number of hydrogen-bond donors (Lipinski definition) is 2. The number of methoxy groups -OCH3 is 1. The Kier molecular flexibility index (Phi) is 8.91. The van der Waals surface area contributed by atoms with Gasteiger partial charge in [-0.25, -0.2) is 0 Å². The van der Waals surface area contributed by atoms with Crippen molar-refractivity contribution in [3.8, 4) is 5.75 Å². The molecule has 0 unspecified atom stereocenters. The number of nitrogens with one attached hydrogen (secondary N) is 2. The highest BCUT2D eigenvalue weighted by atomic mass is 127. The molecule has 0 aliphatic carbocycles. The van der Waals surface area contributed by atoms with E-state index in [1.54, 1.807) is 20.4 Å². The zero-order chi connectivity index (χ0) is 19.1. The van der Waals surface area contributed by atoms with Crippen LogP contribution in [-0.4, -0.2) is 39.9 Å².